The molecule has 3 nitrogen and oxygen atoms in total. The molecule has 1 aliphatic heterocycles. The summed E-state index contributed by atoms with van der Waals surface area (Å²) in [6.45, 7) is 7.56. The second kappa shape index (κ2) is 6.79. The largest absolute Gasteiger partial charge is 0.366 e. The van der Waals surface area contributed by atoms with Gasteiger partial charge in [-0.3, -0.25) is 0 Å². The van der Waals surface area contributed by atoms with Gasteiger partial charge in [0.15, 0.2) is 0 Å². The summed E-state index contributed by atoms with van der Waals surface area (Å²) in [6, 6.07) is 6.81. The van der Waals surface area contributed by atoms with E-state index >= 15 is 0 Å². The van der Waals surface area contributed by atoms with Gasteiger partial charge in [-0.15, -0.1) is 0 Å². The molecular formula is C16H26ClN3. The van der Waals surface area contributed by atoms with E-state index in [0.29, 0.717) is 6.04 Å². The molecule has 20 heavy (non-hydrogen) atoms. The number of hydrogen-bond donors (Lipinski definition) is 1. The monoisotopic (exact) mass is 295 g/mol. The molecular weight excluding hydrogens is 270 g/mol. The number of nitrogens with two attached hydrogens (primary N) is 1. The first-order valence-electron chi connectivity index (χ1n) is 7.53. The quantitative estimate of drug-likeness (QED) is 0.929. The van der Waals surface area contributed by atoms with Crippen molar-refractivity contribution < 1.29 is 0 Å². The Bertz CT molecular complexity index is 447. The van der Waals surface area contributed by atoms with Crippen molar-refractivity contribution in [2.45, 2.75) is 38.8 Å². The maximum absolute atomic E-state index is 6.51. The minimum atomic E-state index is 0.0267. The minimum Gasteiger partial charge on any atom is -0.366 e. The predicted octanol–water partition coefficient (Wildman–Crippen LogP) is 3.28. The molecule has 0 aliphatic carbocycles. The number of likely N-dealkylation sites (N-methyl/N-ethyl adjacent to an activating group) is 1. The van der Waals surface area contributed by atoms with E-state index < -0.39 is 0 Å². The molecule has 0 bridgehead atoms. The van der Waals surface area contributed by atoms with Crippen LogP contribution in [0.4, 0.5) is 5.69 Å². The fourth-order valence-electron chi connectivity index (χ4n) is 2.95. The fraction of sp³-hybridized carbons (Fsp3) is 0.625. The van der Waals surface area contributed by atoms with Crippen molar-refractivity contribution in [3.05, 3.63) is 28.8 Å². The van der Waals surface area contributed by atoms with Crippen molar-refractivity contribution >= 4 is 17.3 Å². The van der Waals surface area contributed by atoms with Crippen LogP contribution in [0.5, 0.6) is 0 Å². The van der Waals surface area contributed by atoms with Gasteiger partial charge in [0.25, 0.3) is 0 Å². The molecule has 0 radical (unpaired) electrons. The standard InChI is InChI=1S/C16H26ClN3/c1-4-14-11-19(3)8-5-9-20(14)16-7-6-13(12(2)18)10-15(16)17/h6-7,10,12,14H,4-5,8-9,11,18H2,1-3H3. The van der Waals surface area contributed by atoms with Crippen LogP contribution in [-0.2, 0) is 0 Å². The molecule has 0 saturated carbocycles. The maximum atomic E-state index is 6.51. The molecule has 2 N–H and O–H groups in total. The highest BCUT2D eigenvalue weighted by molar-refractivity contribution is 6.33. The topological polar surface area (TPSA) is 32.5 Å². The van der Waals surface area contributed by atoms with Crippen molar-refractivity contribution in [3.8, 4) is 0 Å². The molecule has 1 aliphatic rings. The van der Waals surface area contributed by atoms with Gasteiger partial charge in [-0.2, -0.15) is 0 Å². The molecule has 2 unspecified atom stereocenters. The molecule has 0 spiro atoms. The normalized spacial score (nSPS) is 22.6. The van der Waals surface area contributed by atoms with Crippen LogP contribution in [0.2, 0.25) is 5.02 Å². The summed E-state index contributed by atoms with van der Waals surface area (Å²) in [5.41, 5.74) is 8.18. The lowest BCUT2D eigenvalue weighted by Crippen LogP contribution is -2.40. The number of halogens is 1. The number of nitrogens with zero attached hydrogens (tertiary/aromatic N) is 2. The third kappa shape index (κ3) is 3.46. The highest BCUT2D eigenvalue weighted by atomic mass is 35.5. The van der Waals surface area contributed by atoms with Crippen LogP contribution in [0.15, 0.2) is 18.2 Å². The highest BCUT2D eigenvalue weighted by Crippen LogP contribution is 2.31. The second-order valence-electron chi connectivity index (χ2n) is 5.87. The summed E-state index contributed by atoms with van der Waals surface area (Å²) in [5, 5.41) is 0.822. The van der Waals surface area contributed by atoms with Crippen LogP contribution in [0.25, 0.3) is 0 Å². The molecule has 0 amide bonds. The first-order chi connectivity index (χ1) is 9.52. The van der Waals surface area contributed by atoms with E-state index in [-0.39, 0.29) is 6.04 Å². The van der Waals surface area contributed by atoms with Crippen molar-refractivity contribution in [2.75, 3.05) is 31.6 Å². The molecule has 1 aromatic rings. The zero-order valence-electron chi connectivity index (χ0n) is 12.8. The van der Waals surface area contributed by atoms with Crippen LogP contribution in [-0.4, -0.2) is 37.6 Å². The summed E-state index contributed by atoms with van der Waals surface area (Å²) < 4.78 is 0. The van der Waals surface area contributed by atoms with Gasteiger partial charge < -0.3 is 15.5 Å². The van der Waals surface area contributed by atoms with Gasteiger partial charge in [0.1, 0.15) is 0 Å². The zero-order valence-corrected chi connectivity index (χ0v) is 13.5. The van der Waals surface area contributed by atoms with Gasteiger partial charge in [0.2, 0.25) is 0 Å². The van der Waals surface area contributed by atoms with Gasteiger partial charge in [0, 0.05) is 25.2 Å². The smallest absolute Gasteiger partial charge is 0.0643 e. The lowest BCUT2D eigenvalue weighted by Gasteiger charge is -2.33. The molecule has 1 fully saturated rings. The van der Waals surface area contributed by atoms with E-state index in [9.17, 15) is 0 Å². The lowest BCUT2D eigenvalue weighted by atomic mass is 10.1. The van der Waals surface area contributed by atoms with Crippen molar-refractivity contribution in [1.29, 1.82) is 0 Å². The van der Waals surface area contributed by atoms with Crippen LogP contribution >= 0.6 is 11.6 Å². The second-order valence-corrected chi connectivity index (χ2v) is 6.28. The number of benzene rings is 1. The Morgan fingerprint density at radius 3 is 2.75 bits per heavy atom. The minimum absolute atomic E-state index is 0.0267. The van der Waals surface area contributed by atoms with Crippen molar-refractivity contribution in [3.63, 3.8) is 0 Å². The lowest BCUT2D eigenvalue weighted by molar-refractivity contribution is 0.328. The summed E-state index contributed by atoms with van der Waals surface area (Å²) >= 11 is 6.51. The Hall–Kier alpha value is -0.770. The van der Waals surface area contributed by atoms with Crippen molar-refractivity contribution in [2.24, 2.45) is 5.73 Å². The predicted molar refractivity (Wildman–Crippen MR) is 87.6 cm³/mol. The summed E-state index contributed by atoms with van der Waals surface area (Å²) in [7, 11) is 2.20. The van der Waals surface area contributed by atoms with Crippen LogP contribution in [0, 0.1) is 0 Å². The summed E-state index contributed by atoms with van der Waals surface area (Å²) in [5.74, 6) is 0. The Kier molecular flexibility index (Phi) is 5.30. The van der Waals surface area contributed by atoms with Crippen LogP contribution in [0.1, 0.15) is 38.3 Å². The van der Waals surface area contributed by atoms with Crippen LogP contribution in [0.3, 0.4) is 0 Å². The summed E-state index contributed by atoms with van der Waals surface area (Å²) in [6.07, 6.45) is 2.31. The molecule has 1 heterocycles. The van der Waals surface area contributed by atoms with E-state index in [1.165, 1.54) is 6.42 Å². The van der Waals surface area contributed by atoms with E-state index in [1.807, 2.05) is 13.0 Å². The Labute approximate surface area is 127 Å². The van der Waals surface area contributed by atoms with Crippen molar-refractivity contribution in [1.82, 2.24) is 4.90 Å². The fourth-order valence-corrected chi connectivity index (χ4v) is 3.25. The first-order valence-corrected chi connectivity index (χ1v) is 7.91. The molecule has 2 rings (SSSR count). The van der Waals surface area contributed by atoms with E-state index in [4.69, 9.17) is 17.3 Å². The average Bonchev–Trinajstić information content (AvgIpc) is 2.60. The Balaban J connectivity index is 2.28. The maximum Gasteiger partial charge on any atom is 0.0643 e. The third-order valence-electron chi connectivity index (χ3n) is 4.18. The molecule has 2 atom stereocenters. The Morgan fingerprint density at radius 2 is 2.15 bits per heavy atom. The van der Waals surface area contributed by atoms with Gasteiger partial charge in [-0.1, -0.05) is 24.6 Å². The van der Waals surface area contributed by atoms with E-state index in [0.717, 1.165) is 42.3 Å². The van der Waals surface area contributed by atoms with E-state index in [1.54, 1.807) is 0 Å². The zero-order chi connectivity index (χ0) is 14.7. The van der Waals surface area contributed by atoms with E-state index in [2.05, 4.69) is 35.9 Å². The molecule has 112 valence electrons. The van der Waals surface area contributed by atoms with Crippen LogP contribution < -0.4 is 10.6 Å². The number of rotatable bonds is 3. The van der Waals surface area contributed by atoms with Gasteiger partial charge in [-0.25, -0.2) is 0 Å². The first kappa shape index (κ1) is 15.6. The number of anilines is 1. The third-order valence-corrected chi connectivity index (χ3v) is 4.48. The average molecular weight is 296 g/mol. The van der Waals surface area contributed by atoms with Gasteiger partial charge >= 0.3 is 0 Å². The molecule has 1 aromatic carbocycles. The molecule has 0 aromatic heterocycles. The summed E-state index contributed by atoms with van der Waals surface area (Å²) in [4.78, 5) is 4.88. The van der Waals surface area contributed by atoms with Gasteiger partial charge in [-0.05, 0) is 51.1 Å². The molecule has 1 saturated heterocycles. The SMILES string of the molecule is CCC1CN(C)CCCN1c1ccc(C(C)N)cc1Cl. The molecule has 4 heteroatoms. The number of hydrogen-bond acceptors (Lipinski definition) is 3. The highest BCUT2D eigenvalue weighted by Gasteiger charge is 2.23. The Morgan fingerprint density at radius 1 is 1.40 bits per heavy atom. The van der Waals surface area contributed by atoms with Gasteiger partial charge in [0.05, 0.1) is 10.7 Å².